The summed E-state index contributed by atoms with van der Waals surface area (Å²) >= 11 is 0. The third kappa shape index (κ3) is 3.86. The number of fused-ring (bicyclic) bond motifs is 1. The number of nitrogen functional groups attached to an aromatic ring is 1. The first-order valence-electron chi connectivity index (χ1n) is 9.30. The molecule has 7 heteroatoms. The smallest absolute Gasteiger partial charge is 0.259 e. The van der Waals surface area contributed by atoms with E-state index in [0.29, 0.717) is 22.7 Å². The van der Waals surface area contributed by atoms with Gasteiger partial charge in [-0.1, -0.05) is 41.6 Å². The molecule has 2 heterocycles. The summed E-state index contributed by atoms with van der Waals surface area (Å²) in [5.41, 5.74) is 9.03. The number of carbonyl (C=O) groups excluding carboxylic acids is 1. The first-order valence-corrected chi connectivity index (χ1v) is 9.30. The summed E-state index contributed by atoms with van der Waals surface area (Å²) < 4.78 is 10.5. The molecule has 7 nitrogen and oxygen atoms in total. The van der Waals surface area contributed by atoms with E-state index in [4.69, 9.17) is 15.0 Å². The van der Waals surface area contributed by atoms with E-state index >= 15 is 0 Å². The van der Waals surface area contributed by atoms with Crippen molar-refractivity contribution >= 4 is 40.5 Å². The van der Waals surface area contributed by atoms with Crippen LogP contribution in [0.25, 0.3) is 23.1 Å². The second kappa shape index (κ2) is 8.08. The van der Waals surface area contributed by atoms with Crippen molar-refractivity contribution in [3.63, 3.8) is 0 Å². The fraction of sp³-hybridized carbons (Fsp3) is 0.0870. The molecule has 4 rings (SSSR count). The zero-order chi connectivity index (χ0) is 21.1. The Kier molecular flexibility index (Phi) is 5.17. The summed E-state index contributed by atoms with van der Waals surface area (Å²) in [6, 6.07) is 16.8. The molecule has 4 aromatic rings. The maximum Gasteiger partial charge on any atom is 0.259 e. The Labute approximate surface area is 173 Å². The van der Waals surface area contributed by atoms with E-state index in [9.17, 15) is 4.79 Å². The molecule has 0 fully saturated rings. The Bertz CT molecular complexity index is 1240. The van der Waals surface area contributed by atoms with Crippen molar-refractivity contribution in [3.8, 4) is 5.75 Å². The number of nitrogens with one attached hydrogen (secondary N) is 1. The van der Waals surface area contributed by atoms with Crippen LogP contribution < -0.4 is 15.8 Å². The number of nitrogens with two attached hydrogens (primary N) is 1. The lowest BCUT2D eigenvalue weighted by Crippen LogP contribution is -2.15. The fourth-order valence-electron chi connectivity index (χ4n) is 3.03. The van der Waals surface area contributed by atoms with Gasteiger partial charge in [0.1, 0.15) is 22.9 Å². The van der Waals surface area contributed by atoms with Gasteiger partial charge in [-0.2, -0.15) is 0 Å². The van der Waals surface area contributed by atoms with Crippen LogP contribution in [0.4, 0.5) is 11.5 Å². The second-order valence-corrected chi connectivity index (χ2v) is 6.68. The van der Waals surface area contributed by atoms with Crippen LogP contribution in [-0.2, 0) is 0 Å². The number of rotatable bonds is 5. The molecule has 0 aliphatic heterocycles. The number of carbonyl (C=O) groups is 1. The number of aryl methyl sites for hydroxylation is 1. The Morgan fingerprint density at radius 3 is 2.67 bits per heavy atom. The van der Waals surface area contributed by atoms with Gasteiger partial charge in [-0.3, -0.25) is 4.79 Å². The zero-order valence-electron chi connectivity index (χ0n) is 16.5. The molecule has 0 spiro atoms. The molecule has 1 amide bonds. The molecular weight excluding hydrogens is 380 g/mol. The highest BCUT2D eigenvalue weighted by atomic mass is 16.5. The highest BCUT2D eigenvalue weighted by molar-refractivity contribution is 6.10. The normalized spacial score (nSPS) is 11.1. The highest BCUT2D eigenvalue weighted by Crippen LogP contribution is 2.25. The van der Waals surface area contributed by atoms with Gasteiger partial charge >= 0.3 is 0 Å². The monoisotopic (exact) mass is 400 g/mol. The SMILES string of the molecule is COc1ccc(/C=C/c2onc(C)c2NC(=O)c2cc3ccccc3nc2N)cc1. The second-order valence-electron chi connectivity index (χ2n) is 6.68. The molecule has 0 aliphatic carbocycles. The van der Waals surface area contributed by atoms with Crippen molar-refractivity contribution in [3.05, 3.63) is 77.2 Å². The van der Waals surface area contributed by atoms with Gasteiger partial charge in [-0.05, 0) is 42.8 Å². The van der Waals surface area contributed by atoms with Crippen LogP contribution in [0.15, 0.2) is 59.1 Å². The zero-order valence-corrected chi connectivity index (χ0v) is 16.5. The van der Waals surface area contributed by atoms with Gasteiger partial charge in [0.25, 0.3) is 5.91 Å². The molecule has 0 bridgehead atoms. The third-order valence-electron chi connectivity index (χ3n) is 4.67. The summed E-state index contributed by atoms with van der Waals surface area (Å²) in [4.78, 5) is 17.2. The minimum atomic E-state index is -0.379. The highest BCUT2D eigenvalue weighted by Gasteiger charge is 2.18. The molecule has 3 N–H and O–H groups in total. The van der Waals surface area contributed by atoms with Crippen LogP contribution in [0.5, 0.6) is 5.75 Å². The topological polar surface area (TPSA) is 103 Å². The average molecular weight is 400 g/mol. The summed E-state index contributed by atoms with van der Waals surface area (Å²) in [5, 5.41) is 7.65. The number of hydrogen-bond acceptors (Lipinski definition) is 6. The van der Waals surface area contributed by atoms with Gasteiger partial charge in [0.15, 0.2) is 5.76 Å². The van der Waals surface area contributed by atoms with E-state index in [1.165, 1.54) is 0 Å². The average Bonchev–Trinajstić information content (AvgIpc) is 3.11. The van der Waals surface area contributed by atoms with E-state index in [-0.39, 0.29) is 11.7 Å². The Morgan fingerprint density at radius 2 is 1.90 bits per heavy atom. The standard InChI is InChI=1S/C23H20N4O3/c1-14-21(20(30-27-14)12-9-15-7-10-17(29-2)11-8-15)26-23(28)18-13-16-5-3-4-6-19(16)25-22(18)24/h3-13H,1-2H3,(H2,24,25)(H,26,28)/b12-9+. The van der Waals surface area contributed by atoms with E-state index in [2.05, 4.69) is 15.5 Å². The lowest BCUT2D eigenvalue weighted by atomic mass is 10.1. The Hall–Kier alpha value is -4.13. The van der Waals surface area contributed by atoms with Gasteiger partial charge < -0.3 is 20.3 Å². The van der Waals surface area contributed by atoms with Crippen molar-refractivity contribution in [2.45, 2.75) is 6.92 Å². The van der Waals surface area contributed by atoms with Gasteiger partial charge in [0.2, 0.25) is 0 Å². The lowest BCUT2D eigenvalue weighted by Gasteiger charge is -2.08. The maximum absolute atomic E-state index is 12.9. The number of methoxy groups -OCH3 is 1. The molecule has 30 heavy (non-hydrogen) atoms. The third-order valence-corrected chi connectivity index (χ3v) is 4.67. The van der Waals surface area contributed by atoms with Gasteiger partial charge in [0, 0.05) is 5.39 Å². The number of amides is 1. The van der Waals surface area contributed by atoms with E-state index in [1.807, 2.05) is 54.6 Å². The number of hydrogen-bond donors (Lipinski definition) is 2. The number of anilines is 2. The summed E-state index contributed by atoms with van der Waals surface area (Å²) in [6.07, 6.45) is 3.61. The van der Waals surface area contributed by atoms with Crippen LogP contribution in [0, 0.1) is 6.92 Å². The van der Waals surface area contributed by atoms with E-state index in [0.717, 1.165) is 22.2 Å². The van der Waals surface area contributed by atoms with Gasteiger partial charge in [-0.25, -0.2) is 4.98 Å². The largest absolute Gasteiger partial charge is 0.497 e. The van der Waals surface area contributed by atoms with Crippen LogP contribution in [-0.4, -0.2) is 23.2 Å². The quantitative estimate of drug-likeness (QED) is 0.510. The number of nitrogens with zero attached hydrogens (tertiary/aromatic N) is 2. The Balaban J connectivity index is 1.59. The van der Waals surface area contributed by atoms with Crippen molar-refractivity contribution in [2.75, 3.05) is 18.2 Å². The summed E-state index contributed by atoms with van der Waals surface area (Å²) in [7, 11) is 1.62. The molecule has 0 saturated carbocycles. The molecule has 0 saturated heterocycles. The van der Waals surface area contributed by atoms with Crippen LogP contribution in [0.2, 0.25) is 0 Å². The molecule has 0 radical (unpaired) electrons. The van der Waals surface area contributed by atoms with E-state index in [1.54, 1.807) is 26.2 Å². The van der Waals surface area contributed by atoms with Crippen molar-refractivity contribution in [2.24, 2.45) is 0 Å². The van der Waals surface area contributed by atoms with Gasteiger partial charge in [0.05, 0.1) is 18.2 Å². The lowest BCUT2D eigenvalue weighted by molar-refractivity contribution is 0.102. The molecule has 2 aromatic heterocycles. The number of ether oxygens (including phenoxy) is 1. The summed E-state index contributed by atoms with van der Waals surface area (Å²) in [6.45, 7) is 1.76. The van der Waals surface area contributed by atoms with Crippen molar-refractivity contribution in [1.82, 2.24) is 10.1 Å². The molecule has 0 atom stereocenters. The minimum Gasteiger partial charge on any atom is -0.497 e. The van der Waals surface area contributed by atoms with E-state index < -0.39 is 0 Å². The predicted octanol–water partition coefficient (Wildman–Crippen LogP) is 4.54. The van der Waals surface area contributed by atoms with Crippen LogP contribution >= 0.6 is 0 Å². The number of aromatic nitrogens is 2. The first kappa shape index (κ1) is 19.2. The van der Waals surface area contributed by atoms with Gasteiger partial charge in [-0.15, -0.1) is 0 Å². The van der Waals surface area contributed by atoms with Crippen molar-refractivity contribution in [1.29, 1.82) is 0 Å². The van der Waals surface area contributed by atoms with Crippen LogP contribution in [0.3, 0.4) is 0 Å². The molecule has 2 aromatic carbocycles. The number of para-hydroxylation sites is 1. The fourth-order valence-corrected chi connectivity index (χ4v) is 3.03. The maximum atomic E-state index is 12.9. The van der Waals surface area contributed by atoms with Crippen molar-refractivity contribution < 1.29 is 14.1 Å². The molecule has 150 valence electrons. The molecule has 0 aliphatic rings. The predicted molar refractivity (Wildman–Crippen MR) is 117 cm³/mol. The first-order chi connectivity index (χ1) is 14.5. The molecule has 0 unspecified atom stereocenters. The van der Waals surface area contributed by atoms with Crippen LogP contribution in [0.1, 0.15) is 27.4 Å². The minimum absolute atomic E-state index is 0.163. The molecular formula is C23H20N4O3. The Morgan fingerprint density at radius 1 is 1.13 bits per heavy atom. The number of benzene rings is 2. The summed E-state index contributed by atoms with van der Waals surface area (Å²) in [5.74, 6) is 0.993. The number of pyridine rings is 1.